The largest absolute Gasteiger partial charge is 0.438 e. The van der Waals surface area contributed by atoms with Crippen LogP contribution in [0.25, 0.3) is 0 Å². The predicted octanol–water partition coefficient (Wildman–Crippen LogP) is 5.52. The highest BCUT2D eigenvalue weighted by Crippen LogP contribution is 2.35. The molecular formula is C17H18BrF2N3O. The van der Waals surface area contributed by atoms with Crippen LogP contribution in [-0.2, 0) is 5.92 Å². The molecule has 0 amide bonds. The summed E-state index contributed by atoms with van der Waals surface area (Å²) in [5.41, 5.74) is 1.54. The highest BCUT2D eigenvalue weighted by Gasteiger charge is 2.24. The summed E-state index contributed by atoms with van der Waals surface area (Å²) in [6.07, 6.45) is 3.21. The molecule has 0 spiro atoms. The first-order valence-corrected chi connectivity index (χ1v) is 8.18. The zero-order valence-electron chi connectivity index (χ0n) is 13.6. The minimum atomic E-state index is -2.92. The Morgan fingerprint density at radius 3 is 2.83 bits per heavy atom. The Bertz CT molecular complexity index is 745. The number of nitrogens with zero attached hydrogens (tertiary/aromatic N) is 2. The van der Waals surface area contributed by atoms with E-state index >= 15 is 0 Å². The van der Waals surface area contributed by atoms with Gasteiger partial charge in [0.25, 0.3) is 5.92 Å². The number of aliphatic imine (C=N–C) groups is 1. The van der Waals surface area contributed by atoms with Crippen molar-refractivity contribution in [3.05, 3.63) is 46.1 Å². The van der Waals surface area contributed by atoms with Crippen molar-refractivity contribution in [3.8, 4) is 11.6 Å². The van der Waals surface area contributed by atoms with Crippen LogP contribution in [0.3, 0.4) is 0 Å². The van der Waals surface area contributed by atoms with Gasteiger partial charge in [-0.2, -0.15) is 0 Å². The van der Waals surface area contributed by atoms with Crippen LogP contribution < -0.4 is 10.1 Å². The molecule has 7 heteroatoms. The molecule has 0 radical (unpaired) electrons. The molecule has 0 bridgehead atoms. The summed E-state index contributed by atoms with van der Waals surface area (Å²) in [7, 11) is 0. The summed E-state index contributed by atoms with van der Waals surface area (Å²) in [4.78, 5) is 8.30. The number of benzene rings is 1. The molecule has 1 heterocycles. The van der Waals surface area contributed by atoms with Gasteiger partial charge in [0.15, 0.2) is 0 Å². The van der Waals surface area contributed by atoms with E-state index in [2.05, 4.69) is 31.2 Å². The van der Waals surface area contributed by atoms with Gasteiger partial charge < -0.3 is 10.1 Å². The average Bonchev–Trinajstić information content (AvgIpc) is 2.54. The fraction of sp³-hybridized carbons (Fsp3) is 0.294. The Kier molecular flexibility index (Phi) is 5.88. The second-order valence-electron chi connectivity index (χ2n) is 5.21. The number of anilines is 1. The standard InChI is InChI=1S/C17H18BrF2N3O/c1-4-21-10-23-14-9-22-16(15(18)11(14)2)24-13-7-5-6-12(8-13)17(3,19)20/h5-10H,4H2,1-3H3,(H,21,23). The number of halogens is 3. The van der Waals surface area contributed by atoms with Gasteiger partial charge in [-0.25, -0.2) is 13.8 Å². The lowest BCUT2D eigenvalue weighted by Gasteiger charge is -2.14. The van der Waals surface area contributed by atoms with E-state index in [1.165, 1.54) is 18.2 Å². The van der Waals surface area contributed by atoms with E-state index in [9.17, 15) is 8.78 Å². The first kappa shape index (κ1) is 18.3. The Hall–Kier alpha value is -2.02. The highest BCUT2D eigenvalue weighted by atomic mass is 79.9. The predicted molar refractivity (Wildman–Crippen MR) is 95.4 cm³/mol. The van der Waals surface area contributed by atoms with Gasteiger partial charge in [-0.15, -0.1) is 0 Å². The van der Waals surface area contributed by atoms with Crippen molar-refractivity contribution in [2.45, 2.75) is 26.7 Å². The summed E-state index contributed by atoms with van der Waals surface area (Å²) in [5.74, 6) is -2.32. The quantitative estimate of drug-likeness (QED) is 0.515. The van der Waals surface area contributed by atoms with Crippen LogP contribution in [-0.4, -0.2) is 17.9 Å². The lowest BCUT2D eigenvalue weighted by atomic mass is 10.1. The maximum atomic E-state index is 13.4. The molecule has 0 fully saturated rings. The number of pyridine rings is 1. The van der Waals surface area contributed by atoms with E-state index in [1.807, 2.05) is 13.8 Å². The van der Waals surface area contributed by atoms with Crippen molar-refractivity contribution in [2.75, 3.05) is 11.9 Å². The number of hydrogen-bond donors (Lipinski definition) is 1. The van der Waals surface area contributed by atoms with Gasteiger partial charge >= 0.3 is 0 Å². The van der Waals surface area contributed by atoms with E-state index in [-0.39, 0.29) is 5.56 Å². The fourth-order valence-corrected chi connectivity index (χ4v) is 2.32. The number of ether oxygens (including phenoxy) is 1. The fourth-order valence-electron chi connectivity index (χ4n) is 1.92. The Balaban J connectivity index is 2.25. The van der Waals surface area contributed by atoms with Crippen molar-refractivity contribution >= 4 is 28.0 Å². The molecule has 1 aromatic heterocycles. The normalized spacial score (nSPS) is 11.8. The second kappa shape index (κ2) is 7.70. The Labute approximate surface area is 148 Å². The first-order chi connectivity index (χ1) is 11.3. The monoisotopic (exact) mass is 397 g/mol. The maximum Gasteiger partial charge on any atom is 0.270 e. The molecule has 0 atom stereocenters. The molecule has 24 heavy (non-hydrogen) atoms. The molecule has 0 aliphatic heterocycles. The van der Waals surface area contributed by atoms with Gasteiger partial charge in [0.05, 0.1) is 22.7 Å². The van der Waals surface area contributed by atoms with E-state index in [4.69, 9.17) is 4.74 Å². The maximum absolute atomic E-state index is 13.4. The SMILES string of the molecule is CCN=CNc1cnc(Oc2cccc(C(C)(F)F)c2)c(Br)c1C. The average molecular weight is 398 g/mol. The zero-order chi connectivity index (χ0) is 17.7. The van der Waals surface area contributed by atoms with Gasteiger partial charge in [0.2, 0.25) is 5.88 Å². The van der Waals surface area contributed by atoms with Gasteiger partial charge in [-0.05, 0) is 47.5 Å². The van der Waals surface area contributed by atoms with Gasteiger partial charge in [-0.1, -0.05) is 12.1 Å². The van der Waals surface area contributed by atoms with Gasteiger partial charge in [-0.3, -0.25) is 4.99 Å². The Morgan fingerprint density at radius 1 is 1.42 bits per heavy atom. The van der Waals surface area contributed by atoms with Gasteiger partial charge in [0.1, 0.15) is 5.75 Å². The molecule has 0 saturated carbocycles. The second-order valence-corrected chi connectivity index (χ2v) is 6.00. The summed E-state index contributed by atoms with van der Waals surface area (Å²) in [6.45, 7) is 5.35. The first-order valence-electron chi connectivity index (χ1n) is 7.39. The van der Waals surface area contributed by atoms with Crippen molar-refractivity contribution < 1.29 is 13.5 Å². The lowest BCUT2D eigenvalue weighted by Crippen LogP contribution is -2.06. The number of aromatic nitrogens is 1. The third-order valence-electron chi connectivity index (χ3n) is 3.28. The molecule has 4 nitrogen and oxygen atoms in total. The van der Waals surface area contributed by atoms with E-state index in [0.29, 0.717) is 22.6 Å². The van der Waals surface area contributed by atoms with Crippen LogP contribution in [0.5, 0.6) is 11.6 Å². The molecule has 128 valence electrons. The molecule has 1 aromatic carbocycles. The van der Waals surface area contributed by atoms with Crippen molar-refractivity contribution in [1.82, 2.24) is 4.98 Å². The smallest absolute Gasteiger partial charge is 0.270 e. The number of alkyl halides is 2. The van der Waals surface area contributed by atoms with Crippen LogP contribution in [0.1, 0.15) is 25.0 Å². The van der Waals surface area contributed by atoms with Crippen LogP contribution in [0, 0.1) is 6.92 Å². The number of hydrogen-bond acceptors (Lipinski definition) is 3. The zero-order valence-corrected chi connectivity index (χ0v) is 15.2. The molecule has 0 saturated heterocycles. The minimum absolute atomic E-state index is 0.109. The van der Waals surface area contributed by atoms with Gasteiger partial charge in [0, 0.05) is 19.0 Å². The molecule has 2 rings (SSSR count). The van der Waals surface area contributed by atoms with Crippen molar-refractivity contribution in [3.63, 3.8) is 0 Å². The molecule has 2 aromatic rings. The summed E-state index contributed by atoms with van der Waals surface area (Å²) < 4.78 is 33.1. The summed E-state index contributed by atoms with van der Waals surface area (Å²) >= 11 is 3.44. The minimum Gasteiger partial charge on any atom is -0.438 e. The number of rotatable bonds is 6. The van der Waals surface area contributed by atoms with Crippen LogP contribution in [0.4, 0.5) is 14.5 Å². The van der Waals surface area contributed by atoms with E-state index in [0.717, 1.165) is 18.2 Å². The third-order valence-corrected chi connectivity index (χ3v) is 4.22. The molecular weight excluding hydrogens is 380 g/mol. The third kappa shape index (κ3) is 4.50. The summed E-state index contributed by atoms with van der Waals surface area (Å²) in [5, 5.41) is 3.04. The Morgan fingerprint density at radius 2 is 2.17 bits per heavy atom. The number of nitrogens with one attached hydrogen (secondary N) is 1. The van der Waals surface area contributed by atoms with Crippen molar-refractivity contribution in [1.29, 1.82) is 0 Å². The van der Waals surface area contributed by atoms with Crippen LogP contribution >= 0.6 is 15.9 Å². The molecule has 0 aliphatic rings. The summed E-state index contributed by atoms with van der Waals surface area (Å²) in [6, 6.07) is 5.81. The van der Waals surface area contributed by atoms with E-state index < -0.39 is 5.92 Å². The topological polar surface area (TPSA) is 46.5 Å². The molecule has 1 N–H and O–H groups in total. The highest BCUT2D eigenvalue weighted by molar-refractivity contribution is 9.10. The lowest BCUT2D eigenvalue weighted by molar-refractivity contribution is 0.0173. The van der Waals surface area contributed by atoms with E-state index in [1.54, 1.807) is 18.6 Å². The van der Waals surface area contributed by atoms with Crippen molar-refractivity contribution in [2.24, 2.45) is 4.99 Å². The molecule has 0 unspecified atom stereocenters. The molecule has 0 aliphatic carbocycles. The van der Waals surface area contributed by atoms with Crippen LogP contribution in [0.15, 0.2) is 39.9 Å². The van der Waals surface area contributed by atoms with Crippen LogP contribution in [0.2, 0.25) is 0 Å².